The van der Waals surface area contributed by atoms with Gasteiger partial charge in [0.05, 0.1) is 23.4 Å². The number of hydrogen-bond donors (Lipinski definition) is 2. The Bertz CT molecular complexity index is 783. The first-order valence-corrected chi connectivity index (χ1v) is 9.57. The lowest BCUT2D eigenvalue weighted by molar-refractivity contribution is 0.130. The van der Waals surface area contributed by atoms with Crippen LogP contribution in [0.4, 0.5) is 0 Å². The maximum absolute atomic E-state index is 12.9. The second-order valence-corrected chi connectivity index (χ2v) is 8.84. The monoisotopic (exact) mass is 396 g/mol. The van der Waals surface area contributed by atoms with Gasteiger partial charge in [0.25, 0.3) is 0 Å². The van der Waals surface area contributed by atoms with Crippen molar-refractivity contribution in [2.24, 2.45) is 5.41 Å². The fourth-order valence-electron chi connectivity index (χ4n) is 3.30. The maximum atomic E-state index is 12.9. The molecule has 6 heteroatoms. The van der Waals surface area contributed by atoms with Gasteiger partial charge in [-0.25, -0.2) is 8.42 Å². The van der Waals surface area contributed by atoms with Crippen molar-refractivity contribution in [3.63, 3.8) is 0 Å². The van der Waals surface area contributed by atoms with Crippen LogP contribution in [-0.2, 0) is 9.84 Å². The Morgan fingerprint density at radius 2 is 1.52 bits per heavy atom. The molecule has 2 aromatic rings. The van der Waals surface area contributed by atoms with Crippen LogP contribution in [0.1, 0.15) is 11.5 Å². The summed E-state index contributed by atoms with van der Waals surface area (Å²) >= 11 is 3.35. The van der Waals surface area contributed by atoms with E-state index in [0.717, 1.165) is 10.0 Å². The third-order valence-corrected chi connectivity index (χ3v) is 7.47. The molecule has 2 atom stereocenters. The van der Waals surface area contributed by atoms with Crippen LogP contribution in [-0.4, -0.2) is 37.1 Å². The lowest BCUT2D eigenvalue weighted by Crippen LogP contribution is -2.22. The Morgan fingerprint density at radius 3 is 2.04 bits per heavy atom. The molecule has 1 aliphatic rings. The summed E-state index contributed by atoms with van der Waals surface area (Å²) in [5.74, 6) is -0.421. The minimum Gasteiger partial charge on any atom is -0.396 e. The first-order valence-electron chi connectivity index (χ1n) is 7.23. The Labute approximate surface area is 143 Å². The first-order chi connectivity index (χ1) is 11.0. The third kappa shape index (κ3) is 2.63. The molecule has 122 valence electrons. The predicted molar refractivity (Wildman–Crippen MR) is 90.9 cm³/mol. The Hall–Kier alpha value is -1.21. The van der Waals surface area contributed by atoms with E-state index in [1.807, 2.05) is 24.3 Å². The van der Waals surface area contributed by atoms with Crippen LogP contribution in [0.15, 0.2) is 64.0 Å². The van der Waals surface area contributed by atoms with Crippen molar-refractivity contribution >= 4 is 25.8 Å². The normalized spacial score (nSPS) is 22.7. The molecule has 2 aromatic carbocycles. The van der Waals surface area contributed by atoms with Crippen LogP contribution in [0.2, 0.25) is 0 Å². The summed E-state index contributed by atoms with van der Waals surface area (Å²) in [4.78, 5) is 0.218. The molecule has 0 unspecified atom stereocenters. The summed E-state index contributed by atoms with van der Waals surface area (Å²) < 4.78 is 26.8. The van der Waals surface area contributed by atoms with E-state index in [1.54, 1.807) is 30.3 Å². The van der Waals surface area contributed by atoms with E-state index < -0.39 is 26.4 Å². The highest BCUT2D eigenvalue weighted by molar-refractivity contribution is 9.10. The number of benzene rings is 2. The van der Waals surface area contributed by atoms with E-state index in [1.165, 1.54) is 0 Å². The fraction of sp³-hybridized carbons (Fsp3) is 0.294. The van der Waals surface area contributed by atoms with Crippen molar-refractivity contribution in [1.29, 1.82) is 0 Å². The van der Waals surface area contributed by atoms with Crippen molar-refractivity contribution in [2.75, 3.05) is 13.2 Å². The molecule has 1 fully saturated rings. The smallest absolute Gasteiger partial charge is 0.182 e. The molecule has 0 spiro atoms. The minimum absolute atomic E-state index is 0.218. The summed E-state index contributed by atoms with van der Waals surface area (Å²) in [7, 11) is -3.64. The van der Waals surface area contributed by atoms with Gasteiger partial charge in [0.15, 0.2) is 9.84 Å². The lowest BCUT2D eigenvalue weighted by Gasteiger charge is -2.11. The Kier molecular flexibility index (Phi) is 4.35. The average Bonchev–Trinajstić information content (AvgIpc) is 3.27. The summed E-state index contributed by atoms with van der Waals surface area (Å²) in [6.07, 6.45) is 0. The molecule has 0 aromatic heterocycles. The van der Waals surface area contributed by atoms with E-state index in [-0.39, 0.29) is 18.1 Å². The summed E-state index contributed by atoms with van der Waals surface area (Å²) in [6, 6.07) is 15.5. The first kappa shape index (κ1) is 16.6. The van der Waals surface area contributed by atoms with Gasteiger partial charge in [-0.05, 0) is 29.8 Å². The molecule has 4 nitrogen and oxygen atoms in total. The van der Waals surface area contributed by atoms with Crippen molar-refractivity contribution in [3.05, 3.63) is 64.6 Å². The number of aliphatic hydroxyl groups is 2. The molecule has 1 saturated carbocycles. The van der Waals surface area contributed by atoms with E-state index in [4.69, 9.17) is 0 Å². The number of halogens is 1. The Morgan fingerprint density at radius 1 is 0.957 bits per heavy atom. The number of sulfone groups is 1. The maximum Gasteiger partial charge on any atom is 0.182 e. The molecule has 0 bridgehead atoms. The number of aliphatic hydroxyl groups excluding tert-OH is 2. The topological polar surface area (TPSA) is 74.6 Å². The molecular formula is C17H17BrO4S. The highest BCUT2D eigenvalue weighted by atomic mass is 79.9. The van der Waals surface area contributed by atoms with Gasteiger partial charge < -0.3 is 10.2 Å². The lowest BCUT2D eigenvalue weighted by atomic mass is 10.0. The zero-order valence-electron chi connectivity index (χ0n) is 12.3. The molecule has 0 radical (unpaired) electrons. The summed E-state index contributed by atoms with van der Waals surface area (Å²) in [6.45, 7) is -0.748. The molecule has 0 amide bonds. The quantitative estimate of drug-likeness (QED) is 0.813. The van der Waals surface area contributed by atoms with E-state index >= 15 is 0 Å². The van der Waals surface area contributed by atoms with Gasteiger partial charge in [0.1, 0.15) is 0 Å². The molecule has 0 saturated heterocycles. The van der Waals surface area contributed by atoms with Crippen molar-refractivity contribution < 1.29 is 18.6 Å². The van der Waals surface area contributed by atoms with E-state index in [9.17, 15) is 18.6 Å². The largest absolute Gasteiger partial charge is 0.396 e. The van der Waals surface area contributed by atoms with Crippen LogP contribution in [0, 0.1) is 5.41 Å². The fourth-order valence-corrected chi connectivity index (χ4v) is 6.02. The standard InChI is InChI=1S/C17H17BrO4S/c18-13-8-6-12(7-9-13)15-16(17(15,10-19)11-20)23(21,22)14-4-2-1-3-5-14/h1-9,15-16,19-20H,10-11H2/t15-,16-/m0/s1. The molecule has 0 aliphatic heterocycles. The third-order valence-electron chi connectivity index (χ3n) is 4.60. The molecular weight excluding hydrogens is 380 g/mol. The van der Waals surface area contributed by atoms with Crippen LogP contribution < -0.4 is 0 Å². The van der Waals surface area contributed by atoms with Crippen molar-refractivity contribution in [2.45, 2.75) is 16.1 Å². The molecule has 3 rings (SSSR count). The zero-order valence-corrected chi connectivity index (χ0v) is 14.7. The van der Waals surface area contributed by atoms with Crippen LogP contribution in [0.25, 0.3) is 0 Å². The van der Waals surface area contributed by atoms with Crippen LogP contribution >= 0.6 is 15.9 Å². The highest BCUT2D eigenvalue weighted by Gasteiger charge is 2.70. The SMILES string of the molecule is O=S(=O)(c1ccccc1)[C@H]1[C@H](c2ccc(Br)cc2)C1(CO)CO. The zero-order chi connectivity index (χ0) is 16.7. The van der Waals surface area contributed by atoms with Gasteiger partial charge in [0, 0.05) is 15.8 Å². The minimum atomic E-state index is -3.64. The van der Waals surface area contributed by atoms with Crippen molar-refractivity contribution in [3.8, 4) is 0 Å². The van der Waals surface area contributed by atoms with Gasteiger partial charge in [-0.15, -0.1) is 0 Å². The van der Waals surface area contributed by atoms with Gasteiger partial charge in [-0.3, -0.25) is 0 Å². The summed E-state index contributed by atoms with van der Waals surface area (Å²) in [5, 5.41) is 18.8. The molecule has 0 heterocycles. The number of rotatable bonds is 5. The van der Waals surface area contributed by atoms with E-state index in [2.05, 4.69) is 15.9 Å². The second-order valence-electron chi connectivity index (χ2n) is 5.86. The van der Waals surface area contributed by atoms with Crippen LogP contribution in [0.5, 0.6) is 0 Å². The van der Waals surface area contributed by atoms with Gasteiger partial charge in [0.2, 0.25) is 0 Å². The molecule has 2 N–H and O–H groups in total. The van der Waals surface area contributed by atoms with Gasteiger partial charge >= 0.3 is 0 Å². The Balaban J connectivity index is 2.05. The molecule has 1 aliphatic carbocycles. The predicted octanol–water partition coefficient (Wildman–Crippen LogP) is 2.36. The van der Waals surface area contributed by atoms with Gasteiger partial charge in [-0.2, -0.15) is 0 Å². The highest BCUT2D eigenvalue weighted by Crippen LogP contribution is 2.63. The second kappa shape index (κ2) is 6.02. The van der Waals surface area contributed by atoms with Crippen molar-refractivity contribution in [1.82, 2.24) is 0 Å². The average molecular weight is 397 g/mol. The summed E-state index contributed by atoms with van der Waals surface area (Å²) in [5.41, 5.74) is -0.233. The molecule has 23 heavy (non-hydrogen) atoms. The van der Waals surface area contributed by atoms with Crippen LogP contribution in [0.3, 0.4) is 0 Å². The van der Waals surface area contributed by atoms with Gasteiger partial charge in [-0.1, -0.05) is 46.3 Å². The number of hydrogen-bond acceptors (Lipinski definition) is 4. The van der Waals surface area contributed by atoms with E-state index in [0.29, 0.717) is 0 Å².